The SMILES string of the molecule is CCC(=O)NC1CCN(CC2(c3ccc(OC)cc3)CC2)CC1. The number of methoxy groups -OCH3 is 1. The summed E-state index contributed by atoms with van der Waals surface area (Å²) in [4.78, 5) is 14.1. The van der Waals surface area contributed by atoms with Gasteiger partial charge < -0.3 is 15.0 Å². The Kier molecular flexibility index (Phi) is 4.90. The minimum atomic E-state index is 0.181. The number of rotatable bonds is 6. The average molecular weight is 316 g/mol. The Hall–Kier alpha value is -1.55. The average Bonchev–Trinajstić information content (AvgIpc) is 3.37. The number of hydrogen-bond acceptors (Lipinski definition) is 3. The molecule has 1 N–H and O–H groups in total. The number of amides is 1. The third-order valence-corrected chi connectivity index (χ3v) is 5.36. The number of carbonyl (C=O) groups excluding carboxylic acids is 1. The van der Waals surface area contributed by atoms with Crippen LogP contribution < -0.4 is 10.1 Å². The molecule has 1 aliphatic heterocycles. The molecule has 1 saturated heterocycles. The summed E-state index contributed by atoms with van der Waals surface area (Å²) in [6.45, 7) is 5.24. The van der Waals surface area contributed by atoms with Crippen LogP contribution in [-0.2, 0) is 10.2 Å². The van der Waals surface area contributed by atoms with Gasteiger partial charge in [0.05, 0.1) is 7.11 Å². The molecule has 0 bridgehead atoms. The molecule has 1 amide bonds. The smallest absolute Gasteiger partial charge is 0.219 e. The molecular weight excluding hydrogens is 288 g/mol. The van der Waals surface area contributed by atoms with Crippen molar-refractivity contribution in [1.82, 2.24) is 10.2 Å². The number of ether oxygens (including phenoxy) is 1. The fraction of sp³-hybridized carbons (Fsp3) is 0.632. The van der Waals surface area contributed by atoms with Gasteiger partial charge in [-0.2, -0.15) is 0 Å². The van der Waals surface area contributed by atoms with Crippen LogP contribution in [-0.4, -0.2) is 43.6 Å². The minimum Gasteiger partial charge on any atom is -0.497 e. The highest BCUT2D eigenvalue weighted by Crippen LogP contribution is 2.49. The Morgan fingerprint density at radius 2 is 1.91 bits per heavy atom. The van der Waals surface area contributed by atoms with E-state index in [0.717, 1.165) is 38.2 Å². The zero-order chi connectivity index (χ0) is 16.3. The van der Waals surface area contributed by atoms with E-state index < -0.39 is 0 Å². The molecule has 4 heteroatoms. The van der Waals surface area contributed by atoms with Gasteiger partial charge in [0.15, 0.2) is 0 Å². The van der Waals surface area contributed by atoms with Crippen molar-refractivity contribution < 1.29 is 9.53 Å². The molecule has 0 unspecified atom stereocenters. The van der Waals surface area contributed by atoms with Crippen molar-refractivity contribution >= 4 is 5.91 Å². The Balaban J connectivity index is 1.52. The van der Waals surface area contributed by atoms with Gasteiger partial charge in [-0.3, -0.25) is 4.79 Å². The summed E-state index contributed by atoms with van der Waals surface area (Å²) in [5.41, 5.74) is 1.80. The van der Waals surface area contributed by atoms with E-state index in [4.69, 9.17) is 4.74 Å². The van der Waals surface area contributed by atoms with Crippen molar-refractivity contribution in [3.63, 3.8) is 0 Å². The third kappa shape index (κ3) is 3.86. The molecular formula is C19H28N2O2. The second kappa shape index (κ2) is 6.91. The number of nitrogens with zero attached hydrogens (tertiary/aromatic N) is 1. The second-order valence-corrected chi connectivity index (χ2v) is 6.98. The van der Waals surface area contributed by atoms with Crippen LogP contribution in [0.25, 0.3) is 0 Å². The van der Waals surface area contributed by atoms with Crippen LogP contribution in [0.15, 0.2) is 24.3 Å². The van der Waals surface area contributed by atoms with Crippen LogP contribution in [0.4, 0.5) is 0 Å². The first-order valence-corrected chi connectivity index (χ1v) is 8.81. The molecule has 1 aliphatic carbocycles. The highest BCUT2D eigenvalue weighted by molar-refractivity contribution is 5.75. The molecule has 126 valence electrons. The van der Waals surface area contributed by atoms with E-state index >= 15 is 0 Å². The zero-order valence-corrected chi connectivity index (χ0v) is 14.3. The summed E-state index contributed by atoms with van der Waals surface area (Å²) in [5.74, 6) is 1.11. The van der Waals surface area contributed by atoms with Gasteiger partial charge in [-0.05, 0) is 43.4 Å². The van der Waals surface area contributed by atoms with Crippen LogP contribution in [0.3, 0.4) is 0 Å². The predicted molar refractivity (Wildman–Crippen MR) is 91.8 cm³/mol. The highest BCUT2D eigenvalue weighted by Gasteiger charge is 2.45. The first-order chi connectivity index (χ1) is 11.1. The lowest BCUT2D eigenvalue weighted by molar-refractivity contribution is -0.121. The highest BCUT2D eigenvalue weighted by atomic mass is 16.5. The monoisotopic (exact) mass is 316 g/mol. The lowest BCUT2D eigenvalue weighted by Gasteiger charge is -2.35. The fourth-order valence-electron chi connectivity index (χ4n) is 3.63. The Bertz CT molecular complexity index is 529. The Morgan fingerprint density at radius 1 is 1.26 bits per heavy atom. The fourth-order valence-corrected chi connectivity index (χ4v) is 3.63. The summed E-state index contributed by atoms with van der Waals surface area (Å²) < 4.78 is 5.26. The van der Waals surface area contributed by atoms with E-state index in [1.54, 1.807) is 7.11 Å². The molecule has 2 aliphatic rings. The number of nitrogens with one attached hydrogen (secondary N) is 1. The molecule has 23 heavy (non-hydrogen) atoms. The molecule has 0 radical (unpaired) electrons. The van der Waals surface area contributed by atoms with Gasteiger partial charge in [0.2, 0.25) is 5.91 Å². The first kappa shape index (κ1) is 16.3. The van der Waals surface area contributed by atoms with Crippen LogP contribution in [0, 0.1) is 0 Å². The molecule has 4 nitrogen and oxygen atoms in total. The normalized spacial score (nSPS) is 21.0. The molecule has 1 saturated carbocycles. The van der Waals surface area contributed by atoms with E-state index in [9.17, 15) is 4.79 Å². The maximum Gasteiger partial charge on any atom is 0.219 e. The van der Waals surface area contributed by atoms with Crippen molar-refractivity contribution in [2.24, 2.45) is 0 Å². The molecule has 3 rings (SSSR count). The van der Waals surface area contributed by atoms with Crippen molar-refractivity contribution in [3.05, 3.63) is 29.8 Å². The molecule has 0 spiro atoms. The molecule has 0 atom stereocenters. The van der Waals surface area contributed by atoms with Crippen LogP contribution in [0.2, 0.25) is 0 Å². The lowest BCUT2D eigenvalue weighted by Crippen LogP contribution is -2.46. The molecule has 2 fully saturated rings. The minimum absolute atomic E-state index is 0.181. The number of piperidine rings is 1. The third-order valence-electron chi connectivity index (χ3n) is 5.36. The van der Waals surface area contributed by atoms with E-state index in [-0.39, 0.29) is 5.91 Å². The van der Waals surface area contributed by atoms with Crippen molar-refractivity contribution in [1.29, 1.82) is 0 Å². The van der Waals surface area contributed by atoms with Crippen molar-refractivity contribution in [2.45, 2.75) is 50.5 Å². The van der Waals surface area contributed by atoms with Crippen LogP contribution in [0.5, 0.6) is 5.75 Å². The van der Waals surface area contributed by atoms with Gasteiger partial charge in [-0.25, -0.2) is 0 Å². The van der Waals surface area contributed by atoms with Crippen LogP contribution in [0.1, 0.15) is 44.6 Å². The van der Waals surface area contributed by atoms with Crippen molar-refractivity contribution in [3.8, 4) is 5.75 Å². The summed E-state index contributed by atoms with van der Waals surface area (Å²) in [7, 11) is 1.71. The van der Waals surface area contributed by atoms with E-state index in [1.165, 1.54) is 18.4 Å². The maximum absolute atomic E-state index is 11.5. The largest absolute Gasteiger partial charge is 0.497 e. The predicted octanol–water partition coefficient (Wildman–Crippen LogP) is 2.72. The van der Waals surface area contributed by atoms with Crippen molar-refractivity contribution in [2.75, 3.05) is 26.7 Å². The molecule has 0 aromatic heterocycles. The number of benzene rings is 1. The van der Waals surface area contributed by atoms with Gasteiger partial charge in [-0.1, -0.05) is 19.1 Å². The summed E-state index contributed by atoms with van der Waals surface area (Å²) in [6.07, 6.45) is 5.30. The standard InChI is InChI=1S/C19H28N2O2/c1-3-18(22)20-16-8-12-21(13-9-16)14-19(10-11-19)15-4-6-17(23-2)7-5-15/h4-7,16H,3,8-14H2,1-2H3,(H,20,22). The van der Waals surface area contributed by atoms with Crippen LogP contribution >= 0.6 is 0 Å². The van der Waals surface area contributed by atoms with E-state index in [2.05, 4.69) is 34.5 Å². The summed E-state index contributed by atoms with van der Waals surface area (Å²) in [5, 5.41) is 3.13. The number of carbonyl (C=O) groups is 1. The summed E-state index contributed by atoms with van der Waals surface area (Å²) in [6, 6.07) is 8.96. The Labute approximate surface area is 139 Å². The zero-order valence-electron chi connectivity index (χ0n) is 14.3. The molecule has 1 aromatic carbocycles. The maximum atomic E-state index is 11.5. The van der Waals surface area contributed by atoms with Gasteiger partial charge in [0.1, 0.15) is 5.75 Å². The number of likely N-dealkylation sites (tertiary alicyclic amines) is 1. The van der Waals surface area contributed by atoms with E-state index in [0.29, 0.717) is 17.9 Å². The van der Waals surface area contributed by atoms with Gasteiger partial charge in [0.25, 0.3) is 0 Å². The van der Waals surface area contributed by atoms with E-state index in [1.807, 2.05) is 6.92 Å². The van der Waals surface area contributed by atoms with Gasteiger partial charge in [-0.15, -0.1) is 0 Å². The van der Waals surface area contributed by atoms with Gasteiger partial charge in [0, 0.05) is 37.5 Å². The quantitative estimate of drug-likeness (QED) is 0.877. The first-order valence-electron chi connectivity index (χ1n) is 8.81. The van der Waals surface area contributed by atoms with Gasteiger partial charge >= 0.3 is 0 Å². The molecule has 1 aromatic rings. The topological polar surface area (TPSA) is 41.6 Å². The Morgan fingerprint density at radius 3 is 2.43 bits per heavy atom. The molecule has 1 heterocycles. The lowest BCUT2D eigenvalue weighted by atomic mass is 9.93. The number of hydrogen-bond donors (Lipinski definition) is 1. The second-order valence-electron chi connectivity index (χ2n) is 6.98. The summed E-state index contributed by atoms with van der Waals surface area (Å²) >= 11 is 0.